The molecule has 0 amide bonds. The second-order valence-electron chi connectivity index (χ2n) is 6.44. The van der Waals surface area contributed by atoms with Gasteiger partial charge in [-0.1, -0.05) is 24.3 Å². The summed E-state index contributed by atoms with van der Waals surface area (Å²) in [6.07, 6.45) is 5.66. The minimum atomic E-state index is -1.01. The second-order valence-corrected chi connectivity index (χ2v) is 6.44. The fraction of sp³-hybridized carbons (Fsp3) is 0.263. The molecule has 1 atom stereocenters. The van der Waals surface area contributed by atoms with Crippen molar-refractivity contribution in [3.63, 3.8) is 0 Å². The molecule has 8 heteroatoms. The average Bonchev–Trinajstić information content (AvgIpc) is 3.00. The van der Waals surface area contributed by atoms with Crippen molar-refractivity contribution in [2.24, 2.45) is 12.8 Å². The number of carboxylic acids is 1. The van der Waals surface area contributed by atoms with E-state index in [0.29, 0.717) is 0 Å². The first kappa shape index (κ1) is 18.5. The van der Waals surface area contributed by atoms with Crippen LogP contribution in [-0.2, 0) is 18.3 Å². The van der Waals surface area contributed by atoms with E-state index in [1.807, 2.05) is 56.4 Å². The van der Waals surface area contributed by atoms with Gasteiger partial charge >= 0.3 is 5.97 Å². The Labute approximate surface area is 157 Å². The summed E-state index contributed by atoms with van der Waals surface area (Å²) in [5.41, 5.74) is 9.97. The molecule has 3 N–H and O–H groups in total. The summed E-state index contributed by atoms with van der Waals surface area (Å²) in [4.78, 5) is 21.8. The van der Waals surface area contributed by atoms with Gasteiger partial charge in [-0.05, 0) is 18.9 Å². The number of nitrogens with two attached hydrogens (primary N) is 1. The fourth-order valence-electron chi connectivity index (χ4n) is 2.84. The van der Waals surface area contributed by atoms with E-state index in [2.05, 4.69) is 15.1 Å². The third-order valence-corrected chi connectivity index (χ3v) is 4.35. The minimum absolute atomic E-state index is 0.287. The lowest BCUT2D eigenvalue weighted by atomic mass is 10.0. The van der Waals surface area contributed by atoms with E-state index in [4.69, 9.17) is 10.8 Å². The van der Waals surface area contributed by atoms with Crippen LogP contribution in [0.1, 0.15) is 11.3 Å². The molecule has 3 rings (SSSR count). The van der Waals surface area contributed by atoms with Gasteiger partial charge in [0.1, 0.15) is 6.04 Å². The Balaban J connectivity index is 1.75. The Morgan fingerprint density at radius 3 is 2.48 bits per heavy atom. The minimum Gasteiger partial charge on any atom is -0.480 e. The monoisotopic (exact) mass is 366 g/mol. The molecule has 0 aliphatic carbocycles. The van der Waals surface area contributed by atoms with Gasteiger partial charge in [0.2, 0.25) is 0 Å². The van der Waals surface area contributed by atoms with Crippen molar-refractivity contribution in [2.75, 3.05) is 11.9 Å². The molecule has 0 radical (unpaired) electrons. The van der Waals surface area contributed by atoms with Gasteiger partial charge in [0, 0.05) is 25.9 Å². The number of aryl methyl sites for hydroxylation is 2. The Morgan fingerprint density at radius 1 is 1.26 bits per heavy atom. The van der Waals surface area contributed by atoms with E-state index in [-0.39, 0.29) is 6.42 Å². The summed E-state index contributed by atoms with van der Waals surface area (Å²) < 4.78 is 1.76. The van der Waals surface area contributed by atoms with Crippen molar-refractivity contribution in [2.45, 2.75) is 19.4 Å². The molecular formula is C19H22N6O2. The topological polar surface area (TPSA) is 110 Å². The van der Waals surface area contributed by atoms with Crippen molar-refractivity contribution in [1.82, 2.24) is 19.7 Å². The molecule has 0 bridgehead atoms. The molecule has 2 heterocycles. The third-order valence-electron chi connectivity index (χ3n) is 4.35. The number of anilines is 2. The van der Waals surface area contributed by atoms with Crippen LogP contribution < -0.4 is 10.6 Å². The van der Waals surface area contributed by atoms with Crippen molar-refractivity contribution in [1.29, 1.82) is 0 Å². The summed E-state index contributed by atoms with van der Waals surface area (Å²) >= 11 is 0. The fourth-order valence-corrected chi connectivity index (χ4v) is 2.84. The number of aliphatic carboxylic acids is 1. The number of hydrogen-bond acceptors (Lipinski definition) is 6. The molecular weight excluding hydrogens is 344 g/mol. The molecule has 0 saturated heterocycles. The van der Waals surface area contributed by atoms with Crippen LogP contribution in [0.3, 0.4) is 0 Å². The van der Waals surface area contributed by atoms with Gasteiger partial charge in [-0.25, -0.2) is 4.98 Å². The molecule has 0 saturated carbocycles. The number of carbonyl (C=O) groups is 1. The zero-order valence-corrected chi connectivity index (χ0v) is 15.5. The van der Waals surface area contributed by atoms with Gasteiger partial charge in [0.15, 0.2) is 5.82 Å². The number of nitrogens with zero attached hydrogens (tertiary/aromatic N) is 5. The van der Waals surface area contributed by atoms with Gasteiger partial charge in [0.05, 0.1) is 29.5 Å². The van der Waals surface area contributed by atoms with Gasteiger partial charge in [-0.3, -0.25) is 14.5 Å². The number of carboxylic acid groups (broad SMARTS) is 1. The van der Waals surface area contributed by atoms with E-state index in [0.717, 1.165) is 34.0 Å². The number of aromatic nitrogens is 4. The highest BCUT2D eigenvalue weighted by atomic mass is 16.4. The molecule has 0 aliphatic rings. The highest BCUT2D eigenvalue weighted by Gasteiger charge is 2.13. The standard InChI is InChI=1S/C19H22N6O2/c1-12-17(11-24(2)23-12)25(3)18-10-21-16(9-22-18)14-6-4-13(5-7-14)8-15(20)19(26)27/h4-7,9-11,15H,8,20H2,1-3H3,(H,26,27)/t15-/m0/s1. The predicted octanol–water partition coefficient (Wildman–Crippen LogP) is 1.91. The highest BCUT2D eigenvalue weighted by Crippen LogP contribution is 2.25. The molecule has 0 fully saturated rings. The van der Waals surface area contributed by atoms with E-state index in [9.17, 15) is 4.79 Å². The Bertz CT molecular complexity index is 934. The van der Waals surface area contributed by atoms with Crippen LogP contribution >= 0.6 is 0 Å². The van der Waals surface area contributed by atoms with Gasteiger partial charge in [-0.15, -0.1) is 0 Å². The van der Waals surface area contributed by atoms with Crippen LogP contribution in [0.4, 0.5) is 11.5 Å². The van der Waals surface area contributed by atoms with Crippen LogP contribution in [0.15, 0.2) is 42.9 Å². The van der Waals surface area contributed by atoms with Crippen molar-refractivity contribution in [3.8, 4) is 11.3 Å². The first-order valence-corrected chi connectivity index (χ1v) is 8.49. The Hall–Kier alpha value is -3.26. The van der Waals surface area contributed by atoms with E-state index in [1.165, 1.54) is 0 Å². The molecule has 27 heavy (non-hydrogen) atoms. The van der Waals surface area contributed by atoms with Crippen LogP contribution in [0, 0.1) is 6.92 Å². The molecule has 0 unspecified atom stereocenters. The molecule has 0 spiro atoms. The maximum absolute atomic E-state index is 10.9. The zero-order chi connectivity index (χ0) is 19.6. The third kappa shape index (κ3) is 4.12. The van der Waals surface area contributed by atoms with E-state index < -0.39 is 12.0 Å². The average molecular weight is 366 g/mol. The first-order valence-electron chi connectivity index (χ1n) is 8.49. The maximum atomic E-state index is 10.9. The number of hydrogen-bond donors (Lipinski definition) is 2. The maximum Gasteiger partial charge on any atom is 0.320 e. The highest BCUT2D eigenvalue weighted by molar-refractivity contribution is 5.73. The molecule has 3 aromatic rings. The summed E-state index contributed by atoms with van der Waals surface area (Å²) in [5.74, 6) is -0.285. The van der Waals surface area contributed by atoms with Crippen LogP contribution in [0.2, 0.25) is 0 Å². The lowest BCUT2D eigenvalue weighted by molar-refractivity contribution is -0.138. The van der Waals surface area contributed by atoms with Crippen molar-refractivity contribution in [3.05, 3.63) is 54.1 Å². The lowest BCUT2D eigenvalue weighted by Crippen LogP contribution is -2.32. The van der Waals surface area contributed by atoms with Crippen LogP contribution in [0.25, 0.3) is 11.3 Å². The summed E-state index contributed by atoms with van der Waals surface area (Å²) in [6, 6.07) is 6.60. The lowest BCUT2D eigenvalue weighted by Gasteiger charge is -2.16. The Kier molecular flexibility index (Phi) is 5.18. The SMILES string of the molecule is Cc1nn(C)cc1N(C)c1cnc(-c2ccc(C[C@H](N)C(=O)O)cc2)cn1. The predicted molar refractivity (Wildman–Crippen MR) is 103 cm³/mol. The summed E-state index contributed by atoms with van der Waals surface area (Å²) in [7, 11) is 3.81. The quantitative estimate of drug-likeness (QED) is 0.685. The normalized spacial score (nSPS) is 12.0. The Morgan fingerprint density at radius 2 is 1.96 bits per heavy atom. The van der Waals surface area contributed by atoms with Gasteiger partial charge < -0.3 is 15.7 Å². The van der Waals surface area contributed by atoms with Crippen molar-refractivity contribution >= 4 is 17.5 Å². The van der Waals surface area contributed by atoms with Gasteiger partial charge in [0.25, 0.3) is 0 Å². The summed E-state index contributed by atoms with van der Waals surface area (Å²) in [5, 5.41) is 13.2. The molecule has 0 aliphatic heterocycles. The molecule has 8 nitrogen and oxygen atoms in total. The van der Waals surface area contributed by atoms with E-state index >= 15 is 0 Å². The second kappa shape index (κ2) is 7.55. The van der Waals surface area contributed by atoms with Crippen LogP contribution in [-0.4, -0.2) is 43.9 Å². The number of benzene rings is 1. The van der Waals surface area contributed by atoms with Crippen LogP contribution in [0.5, 0.6) is 0 Å². The largest absolute Gasteiger partial charge is 0.480 e. The molecule has 140 valence electrons. The summed E-state index contributed by atoms with van der Waals surface area (Å²) in [6.45, 7) is 1.95. The first-order chi connectivity index (χ1) is 12.8. The van der Waals surface area contributed by atoms with Crippen molar-refractivity contribution < 1.29 is 9.90 Å². The van der Waals surface area contributed by atoms with E-state index in [1.54, 1.807) is 17.1 Å². The molecule has 1 aromatic carbocycles. The molecule has 2 aromatic heterocycles. The number of rotatable bonds is 6. The van der Waals surface area contributed by atoms with Gasteiger partial charge in [-0.2, -0.15) is 5.10 Å². The zero-order valence-electron chi connectivity index (χ0n) is 15.5. The smallest absolute Gasteiger partial charge is 0.320 e.